The average Bonchev–Trinajstić information content (AvgIpc) is 3.91. The number of amides is 3. The number of carbonyl (C=O) groups is 3. The zero-order valence-electron chi connectivity index (χ0n) is 35.0. The molecule has 2 aromatic heterocycles. The lowest BCUT2D eigenvalue weighted by Gasteiger charge is -2.40. The molecular formula is C45H66N8O4. The SMILES string of the molecule is CCC(C)CC(=O)NCCCCc1ncc(-c2ccc3c(c2)C2CCC3c3cc(-c4cnc(CCCCNC(=O)CC(C)CC)[nH]4)ccc32)[nH]1.CN.COC(N)=O. The minimum atomic E-state index is -0.745. The Morgan fingerprint density at radius 1 is 0.719 bits per heavy atom. The van der Waals surface area contributed by atoms with Gasteiger partial charge in [0.2, 0.25) is 11.8 Å². The second-order valence-corrected chi connectivity index (χ2v) is 15.4. The smallest absolute Gasteiger partial charge is 0.404 e. The third-order valence-corrected chi connectivity index (χ3v) is 11.3. The lowest BCUT2D eigenvalue weighted by Crippen LogP contribution is -2.25. The van der Waals surface area contributed by atoms with Crippen LogP contribution in [0.1, 0.15) is 138 Å². The number of rotatable bonds is 18. The molecule has 12 nitrogen and oxygen atoms in total. The second kappa shape index (κ2) is 22.7. The van der Waals surface area contributed by atoms with E-state index in [0.717, 1.165) is 87.5 Å². The van der Waals surface area contributed by atoms with Crippen LogP contribution in [0.4, 0.5) is 4.79 Å². The highest BCUT2D eigenvalue weighted by atomic mass is 16.5. The molecule has 57 heavy (non-hydrogen) atoms. The molecule has 0 aliphatic heterocycles. The van der Waals surface area contributed by atoms with E-state index in [1.807, 2.05) is 12.4 Å². The first-order valence-corrected chi connectivity index (χ1v) is 20.9. The van der Waals surface area contributed by atoms with E-state index in [-0.39, 0.29) is 11.8 Å². The van der Waals surface area contributed by atoms with Crippen molar-refractivity contribution in [2.75, 3.05) is 27.2 Å². The number of aryl methyl sites for hydroxylation is 2. The van der Waals surface area contributed by atoms with Gasteiger partial charge in [-0.1, -0.05) is 64.8 Å². The first-order chi connectivity index (χ1) is 27.6. The number of ether oxygens (including phenoxy) is 1. The molecule has 7 rings (SSSR count). The summed E-state index contributed by atoms with van der Waals surface area (Å²) in [6.07, 6.45) is 14.5. The van der Waals surface area contributed by atoms with Gasteiger partial charge in [0.25, 0.3) is 0 Å². The number of aromatic nitrogens is 4. The molecule has 4 atom stereocenters. The first-order valence-electron chi connectivity index (χ1n) is 20.9. The van der Waals surface area contributed by atoms with Gasteiger partial charge in [0.15, 0.2) is 0 Å². The lowest BCUT2D eigenvalue weighted by atomic mass is 9.63. The van der Waals surface area contributed by atoms with Crippen LogP contribution in [0.5, 0.6) is 0 Å². The number of nitrogens with zero attached hydrogens (tertiary/aromatic N) is 2. The topological polar surface area (TPSA) is 194 Å². The van der Waals surface area contributed by atoms with Crippen LogP contribution in [0, 0.1) is 11.8 Å². The van der Waals surface area contributed by atoms with Gasteiger partial charge in [-0.25, -0.2) is 14.8 Å². The summed E-state index contributed by atoms with van der Waals surface area (Å²) in [4.78, 5) is 50.0. The van der Waals surface area contributed by atoms with E-state index in [4.69, 9.17) is 0 Å². The number of unbranched alkanes of at least 4 members (excludes halogenated alkanes) is 2. The van der Waals surface area contributed by atoms with Crippen LogP contribution >= 0.6 is 0 Å². The normalized spacial score (nSPS) is 15.8. The number of hydrogen-bond donors (Lipinski definition) is 6. The van der Waals surface area contributed by atoms with E-state index in [1.54, 1.807) is 0 Å². The molecule has 3 aliphatic carbocycles. The van der Waals surface area contributed by atoms with E-state index in [9.17, 15) is 14.4 Å². The van der Waals surface area contributed by atoms with Crippen molar-refractivity contribution in [2.45, 2.75) is 117 Å². The Morgan fingerprint density at radius 3 is 1.49 bits per heavy atom. The number of hydrogen-bond acceptors (Lipinski definition) is 7. The van der Waals surface area contributed by atoms with Crippen molar-refractivity contribution >= 4 is 17.9 Å². The number of carbonyl (C=O) groups excluding carboxylic acids is 3. The minimum Gasteiger partial charge on any atom is -0.453 e. The molecule has 3 amide bonds. The monoisotopic (exact) mass is 783 g/mol. The molecule has 12 heteroatoms. The number of nitrogens with one attached hydrogen (secondary N) is 4. The zero-order chi connectivity index (χ0) is 41.3. The molecule has 2 heterocycles. The van der Waals surface area contributed by atoms with E-state index in [1.165, 1.54) is 60.4 Å². The van der Waals surface area contributed by atoms with Gasteiger partial charge >= 0.3 is 6.09 Å². The van der Waals surface area contributed by atoms with Crippen LogP contribution in [-0.4, -0.2) is 65.1 Å². The summed E-state index contributed by atoms with van der Waals surface area (Å²) < 4.78 is 3.89. The molecule has 0 radical (unpaired) electrons. The van der Waals surface area contributed by atoms with Gasteiger partial charge in [-0.3, -0.25) is 9.59 Å². The summed E-state index contributed by atoms with van der Waals surface area (Å²) in [6.45, 7) is 9.95. The standard InChI is InChI=1S/C42H56N6O2.C2H5NO2.CH5N/c1-5-27(3)21-41(49)43-19-9-7-11-39-45-25-37(47-39)29-13-15-31-34-18-17-33(35(31)23-29)32-16-14-30(24-36(32)34)38-26-46-40(48-38)12-8-10-20-44-42(50)22-28(4)6-2;1-5-2(3)4;1-2/h13-16,23-28,33-34H,5-12,17-22H2,1-4H3,(H,43,49)(H,44,50)(H,45,47)(H,46,48);1H3,(H2,3,4);2H2,1H3. The van der Waals surface area contributed by atoms with Crippen LogP contribution in [0.3, 0.4) is 0 Å². The number of nitrogens with two attached hydrogens (primary N) is 2. The van der Waals surface area contributed by atoms with Gasteiger partial charge in [-0.2, -0.15) is 0 Å². The molecule has 0 saturated carbocycles. The fourth-order valence-corrected chi connectivity index (χ4v) is 7.64. The molecule has 4 aromatic rings. The Bertz CT molecular complexity index is 1760. The van der Waals surface area contributed by atoms with Crippen molar-refractivity contribution in [3.05, 3.63) is 82.7 Å². The molecule has 0 spiro atoms. The van der Waals surface area contributed by atoms with E-state index >= 15 is 0 Å². The number of aromatic amines is 2. The lowest BCUT2D eigenvalue weighted by molar-refractivity contribution is -0.122. The van der Waals surface area contributed by atoms with E-state index in [2.05, 4.69) is 111 Å². The van der Waals surface area contributed by atoms with Crippen molar-refractivity contribution in [3.8, 4) is 22.5 Å². The van der Waals surface area contributed by atoms with Gasteiger partial charge in [0.05, 0.1) is 30.9 Å². The van der Waals surface area contributed by atoms with Crippen molar-refractivity contribution in [3.63, 3.8) is 0 Å². The van der Waals surface area contributed by atoms with Crippen molar-refractivity contribution in [1.29, 1.82) is 0 Å². The summed E-state index contributed by atoms with van der Waals surface area (Å²) >= 11 is 0. The van der Waals surface area contributed by atoms with Gasteiger partial charge in [0.1, 0.15) is 11.6 Å². The van der Waals surface area contributed by atoms with Crippen LogP contribution < -0.4 is 22.1 Å². The number of H-pyrrole nitrogens is 2. The Balaban J connectivity index is 0.000000954. The predicted molar refractivity (Wildman–Crippen MR) is 228 cm³/mol. The van der Waals surface area contributed by atoms with Crippen molar-refractivity contribution in [2.24, 2.45) is 23.3 Å². The largest absolute Gasteiger partial charge is 0.453 e. The minimum absolute atomic E-state index is 0.162. The molecule has 0 saturated heterocycles. The fourth-order valence-electron chi connectivity index (χ4n) is 7.64. The first kappa shape index (κ1) is 44.7. The molecule has 4 unspecified atom stereocenters. The number of imidazole rings is 2. The van der Waals surface area contributed by atoms with Gasteiger partial charge in [-0.15, -0.1) is 0 Å². The molecular weight excluding hydrogens is 717 g/mol. The van der Waals surface area contributed by atoms with Gasteiger partial charge < -0.3 is 36.8 Å². The maximum atomic E-state index is 12.0. The highest BCUT2D eigenvalue weighted by molar-refractivity contribution is 5.76. The van der Waals surface area contributed by atoms with Gasteiger partial charge in [-0.05, 0) is 103 Å². The molecule has 0 fully saturated rings. The maximum absolute atomic E-state index is 12.0. The summed E-state index contributed by atoms with van der Waals surface area (Å²) in [5.41, 5.74) is 19.3. The Labute approximate surface area is 339 Å². The van der Waals surface area contributed by atoms with Crippen LogP contribution in [0.15, 0.2) is 48.8 Å². The van der Waals surface area contributed by atoms with Gasteiger partial charge in [0, 0.05) is 50.6 Å². The summed E-state index contributed by atoms with van der Waals surface area (Å²) in [7, 11) is 2.72. The molecule has 2 aromatic carbocycles. The maximum Gasteiger partial charge on any atom is 0.404 e. The number of methoxy groups -OCH3 is 1. The molecule has 3 aliphatic rings. The molecule has 2 bridgehead atoms. The van der Waals surface area contributed by atoms with E-state index in [0.29, 0.717) is 36.5 Å². The summed E-state index contributed by atoms with van der Waals surface area (Å²) in [5, 5.41) is 6.12. The van der Waals surface area contributed by atoms with Crippen LogP contribution in [-0.2, 0) is 27.2 Å². The fraction of sp³-hybridized carbons (Fsp3) is 0.533. The highest BCUT2D eigenvalue weighted by Crippen LogP contribution is 2.53. The van der Waals surface area contributed by atoms with Crippen molar-refractivity contribution < 1.29 is 19.1 Å². The van der Waals surface area contributed by atoms with Crippen LogP contribution in [0.2, 0.25) is 0 Å². The van der Waals surface area contributed by atoms with Crippen LogP contribution in [0.25, 0.3) is 22.5 Å². The Hall–Kier alpha value is -4.97. The van der Waals surface area contributed by atoms with E-state index < -0.39 is 6.09 Å². The van der Waals surface area contributed by atoms with Crippen molar-refractivity contribution in [1.82, 2.24) is 30.6 Å². The third kappa shape index (κ3) is 12.8. The predicted octanol–water partition coefficient (Wildman–Crippen LogP) is 7.87. The molecule has 310 valence electrons. The third-order valence-electron chi connectivity index (χ3n) is 11.3. The Kier molecular flexibility index (Phi) is 17.8. The molecule has 8 N–H and O–H groups in total. The Morgan fingerprint density at radius 2 is 1.12 bits per heavy atom. The highest BCUT2D eigenvalue weighted by Gasteiger charge is 2.37. The summed E-state index contributed by atoms with van der Waals surface area (Å²) in [5.74, 6) is 4.05. The number of primary amides is 1. The average molecular weight is 783 g/mol. The number of benzene rings is 2. The zero-order valence-corrected chi connectivity index (χ0v) is 35.0. The second-order valence-electron chi connectivity index (χ2n) is 15.4. The quantitative estimate of drug-likeness (QED) is 0.0553. The summed E-state index contributed by atoms with van der Waals surface area (Å²) in [6, 6.07) is 14.0. The number of fused-ring (bicyclic) bond motifs is 1.